The van der Waals surface area contributed by atoms with Crippen molar-refractivity contribution in [1.29, 1.82) is 0 Å². The number of amides is 2. The largest absolute Gasteiger partial charge is 0.353 e. The van der Waals surface area contributed by atoms with Gasteiger partial charge in [-0.15, -0.1) is 0 Å². The van der Waals surface area contributed by atoms with Crippen molar-refractivity contribution in [2.24, 2.45) is 0 Å². The fourth-order valence-electron chi connectivity index (χ4n) is 1.79. The Kier molecular flexibility index (Phi) is 8.00. The third-order valence-electron chi connectivity index (χ3n) is 2.88. The molecule has 0 bridgehead atoms. The van der Waals surface area contributed by atoms with Gasteiger partial charge in [0.05, 0.1) is 16.5 Å². The maximum atomic E-state index is 12.0. The molecule has 0 aliphatic rings. The Morgan fingerprint density at radius 3 is 2.61 bits per heavy atom. The molecule has 126 valence electrons. The third-order valence-corrected chi connectivity index (χ3v) is 3.19. The number of hydrogen-bond donors (Lipinski definition) is 3. The van der Waals surface area contributed by atoms with Crippen LogP contribution >= 0.6 is 11.6 Å². The van der Waals surface area contributed by atoms with E-state index in [-0.39, 0.29) is 23.0 Å². The Balaban J connectivity index is 2.51. The van der Waals surface area contributed by atoms with Crippen LogP contribution in [0.4, 0.5) is 5.69 Å². The normalized spacial score (nSPS) is 10.2. The molecule has 0 spiro atoms. The predicted molar refractivity (Wildman–Crippen MR) is 86.6 cm³/mol. The van der Waals surface area contributed by atoms with Gasteiger partial charge < -0.3 is 16.0 Å². The number of rotatable bonds is 9. The summed E-state index contributed by atoms with van der Waals surface area (Å²) in [6, 6.07) is 3.94. The Morgan fingerprint density at radius 2 is 1.96 bits per heavy atom. The number of carbonyl (C=O) groups is 2. The van der Waals surface area contributed by atoms with Crippen LogP contribution in [0.15, 0.2) is 18.2 Å². The summed E-state index contributed by atoms with van der Waals surface area (Å²) in [5, 5.41) is 18.9. The van der Waals surface area contributed by atoms with Crippen molar-refractivity contribution < 1.29 is 14.5 Å². The second-order valence-corrected chi connectivity index (χ2v) is 5.08. The highest BCUT2D eigenvalue weighted by molar-refractivity contribution is 6.34. The summed E-state index contributed by atoms with van der Waals surface area (Å²) in [5.74, 6) is -1.15. The average molecular weight is 343 g/mol. The smallest absolute Gasteiger partial charge is 0.283 e. The molecule has 0 saturated carbocycles. The molecule has 1 aromatic carbocycles. The van der Waals surface area contributed by atoms with Crippen molar-refractivity contribution in [2.75, 3.05) is 26.2 Å². The van der Waals surface area contributed by atoms with E-state index < -0.39 is 16.5 Å². The van der Waals surface area contributed by atoms with Gasteiger partial charge in [0.15, 0.2) is 0 Å². The van der Waals surface area contributed by atoms with E-state index in [0.717, 1.165) is 13.0 Å². The molecule has 1 aromatic rings. The van der Waals surface area contributed by atoms with Crippen molar-refractivity contribution >= 4 is 29.1 Å². The van der Waals surface area contributed by atoms with Gasteiger partial charge in [0.1, 0.15) is 5.56 Å². The lowest BCUT2D eigenvalue weighted by atomic mass is 10.1. The summed E-state index contributed by atoms with van der Waals surface area (Å²) in [6.45, 7) is 3.68. The van der Waals surface area contributed by atoms with E-state index >= 15 is 0 Å². The maximum absolute atomic E-state index is 12.0. The highest BCUT2D eigenvalue weighted by Gasteiger charge is 2.23. The lowest BCUT2D eigenvalue weighted by Gasteiger charge is -2.08. The molecule has 0 saturated heterocycles. The van der Waals surface area contributed by atoms with Crippen LogP contribution in [0.1, 0.15) is 23.7 Å². The van der Waals surface area contributed by atoms with E-state index in [9.17, 15) is 19.7 Å². The van der Waals surface area contributed by atoms with Crippen molar-refractivity contribution in [3.05, 3.63) is 38.9 Å². The van der Waals surface area contributed by atoms with Crippen LogP contribution in [0.2, 0.25) is 5.02 Å². The molecule has 0 fully saturated rings. The van der Waals surface area contributed by atoms with Crippen LogP contribution in [-0.2, 0) is 4.79 Å². The molecule has 0 unspecified atom stereocenters. The molecule has 0 atom stereocenters. The highest BCUT2D eigenvalue weighted by Crippen LogP contribution is 2.25. The molecule has 1 rings (SSSR count). The quantitative estimate of drug-likeness (QED) is 0.353. The number of nitro groups is 1. The first-order chi connectivity index (χ1) is 11.0. The van der Waals surface area contributed by atoms with Crippen LogP contribution < -0.4 is 16.0 Å². The molecule has 0 aromatic heterocycles. The van der Waals surface area contributed by atoms with Crippen molar-refractivity contribution in [1.82, 2.24) is 16.0 Å². The van der Waals surface area contributed by atoms with Crippen LogP contribution in [0.25, 0.3) is 0 Å². The monoisotopic (exact) mass is 342 g/mol. The Bertz CT molecular complexity index is 580. The molecule has 0 radical (unpaired) electrons. The standard InChI is InChI=1S/C14H19ClN4O4/c1-2-6-16-7-8-17-12(20)9-18-14(21)13-10(15)4-3-5-11(13)19(22)23/h3-5,16H,2,6-9H2,1H3,(H,17,20)(H,18,21). The minimum absolute atomic E-state index is 0.0409. The summed E-state index contributed by atoms with van der Waals surface area (Å²) in [7, 11) is 0. The maximum Gasteiger partial charge on any atom is 0.283 e. The Morgan fingerprint density at radius 1 is 1.22 bits per heavy atom. The zero-order chi connectivity index (χ0) is 17.2. The molecule has 0 aliphatic heterocycles. The lowest BCUT2D eigenvalue weighted by molar-refractivity contribution is -0.385. The van der Waals surface area contributed by atoms with Gasteiger partial charge in [-0.3, -0.25) is 19.7 Å². The number of nitrogens with zero attached hydrogens (tertiary/aromatic N) is 1. The van der Waals surface area contributed by atoms with E-state index in [0.29, 0.717) is 13.1 Å². The van der Waals surface area contributed by atoms with Crippen LogP contribution in [0.3, 0.4) is 0 Å². The first kappa shape index (κ1) is 18.9. The molecule has 9 heteroatoms. The van der Waals surface area contributed by atoms with Crippen LogP contribution in [0.5, 0.6) is 0 Å². The van der Waals surface area contributed by atoms with Gasteiger partial charge in [0.2, 0.25) is 5.91 Å². The van der Waals surface area contributed by atoms with Crippen LogP contribution in [-0.4, -0.2) is 42.9 Å². The molecule has 23 heavy (non-hydrogen) atoms. The summed E-state index contributed by atoms with van der Waals surface area (Å²) in [6.07, 6.45) is 1.00. The molecule has 0 aliphatic carbocycles. The van der Waals surface area contributed by atoms with Gasteiger partial charge in [-0.2, -0.15) is 0 Å². The van der Waals surface area contributed by atoms with E-state index in [4.69, 9.17) is 11.6 Å². The summed E-state index contributed by atoms with van der Waals surface area (Å²) >= 11 is 5.84. The first-order valence-corrected chi connectivity index (χ1v) is 7.53. The van der Waals surface area contributed by atoms with Crippen molar-refractivity contribution in [3.8, 4) is 0 Å². The number of nitro benzene ring substituents is 1. The van der Waals surface area contributed by atoms with Gasteiger partial charge in [-0.25, -0.2) is 0 Å². The van der Waals surface area contributed by atoms with Gasteiger partial charge in [0, 0.05) is 19.2 Å². The Labute approximate surface area is 138 Å². The molecule has 3 N–H and O–H groups in total. The highest BCUT2D eigenvalue weighted by atomic mass is 35.5. The summed E-state index contributed by atoms with van der Waals surface area (Å²) in [5.41, 5.74) is -0.657. The second kappa shape index (κ2) is 9.75. The summed E-state index contributed by atoms with van der Waals surface area (Å²) < 4.78 is 0. The SMILES string of the molecule is CCCNCCNC(=O)CNC(=O)c1c(Cl)cccc1[N+](=O)[O-]. The molecule has 0 heterocycles. The number of nitrogens with one attached hydrogen (secondary N) is 3. The zero-order valence-electron chi connectivity index (χ0n) is 12.7. The molecule has 2 amide bonds. The second-order valence-electron chi connectivity index (χ2n) is 4.67. The topological polar surface area (TPSA) is 113 Å². The number of benzene rings is 1. The molecular formula is C14H19ClN4O4. The van der Waals surface area contributed by atoms with E-state index in [2.05, 4.69) is 16.0 Å². The zero-order valence-corrected chi connectivity index (χ0v) is 13.5. The third kappa shape index (κ3) is 6.21. The van der Waals surface area contributed by atoms with Crippen molar-refractivity contribution in [3.63, 3.8) is 0 Å². The van der Waals surface area contributed by atoms with Gasteiger partial charge in [-0.1, -0.05) is 24.6 Å². The fraction of sp³-hybridized carbons (Fsp3) is 0.429. The predicted octanol–water partition coefficient (Wildman–Crippen LogP) is 1.09. The first-order valence-electron chi connectivity index (χ1n) is 7.15. The van der Waals surface area contributed by atoms with Gasteiger partial charge in [-0.05, 0) is 19.0 Å². The van der Waals surface area contributed by atoms with E-state index in [1.807, 2.05) is 6.92 Å². The van der Waals surface area contributed by atoms with Gasteiger partial charge in [0.25, 0.3) is 11.6 Å². The molecular weight excluding hydrogens is 324 g/mol. The van der Waals surface area contributed by atoms with Crippen molar-refractivity contribution in [2.45, 2.75) is 13.3 Å². The van der Waals surface area contributed by atoms with E-state index in [1.54, 1.807) is 0 Å². The molecule has 8 nitrogen and oxygen atoms in total. The van der Waals surface area contributed by atoms with Crippen LogP contribution in [0, 0.1) is 10.1 Å². The number of hydrogen-bond acceptors (Lipinski definition) is 5. The summed E-state index contributed by atoms with van der Waals surface area (Å²) in [4.78, 5) is 33.8. The lowest BCUT2D eigenvalue weighted by Crippen LogP contribution is -2.39. The average Bonchev–Trinajstić information content (AvgIpc) is 2.52. The Hall–Kier alpha value is -2.19. The minimum atomic E-state index is -0.762. The van der Waals surface area contributed by atoms with Gasteiger partial charge >= 0.3 is 0 Å². The fourth-order valence-corrected chi connectivity index (χ4v) is 2.05. The minimum Gasteiger partial charge on any atom is -0.353 e. The number of carbonyl (C=O) groups excluding carboxylic acids is 2. The van der Waals surface area contributed by atoms with E-state index in [1.165, 1.54) is 18.2 Å². The number of halogens is 1.